The summed E-state index contributed by atoms with van der Waals surface area (Å²) in [6.45, 7) is 8.01. The zero-order chi connectivity index (χ0) is 14.6. The highest BCUT2D eigenvalue weighted by molar-refractivity contribution is 5.99. The molecule has 1 rings (SSSR count). The minimum absolute atomic E-state index is 0.261. The maximum absolute atomic E-state index is 13.3. The molecule has 0 N–H and O–H groups in total. The number of benzene rings is 1. The van der Waals surface area contributed by atoms with Crippen molar-refractivity contribution in [3.05, 3.63) is 54.4 Å². The van der Waals surface area contributed by atoms with Gasteiger partial charge in [-0.1, -0.05) is 25.3 Å². The highest BCUT2D eigenvalue weighted by Gasteiger charge is 2.33. The molecule has 0 aliphatic rings. The lowest BCUT2D eigenvalue weighted by Crippen LogP contribution is -2.21. The molecule has 0 amide bonds. The zero-order valence-corrected chi connectivity index (χ0v) is 10.4. The van der Waals surface area contributed by atoms with Crippen LogP contribution in [0.5, 0.6) is 0 Å². The molecule has 1 aromatic carbocycles. The van der Waals surface area contributed by atoms with Crippen LogP contribution < -0.4 is 0 Å². The van der Waals surface area contributed by atoms with E-state index in [9.17, 15) is 17.6 Å². The van der Waals surface area contributed by atoms with Crippen molar-refractivity contribution in [2.75, 3.05) is 6.54 Å². The Morgan fingerprint density at radius 2 is 2.00 bits per heavy atom. The van der Waals surface area contributed by atoms with Gasteiger partial charge in [0.2, 0.25) is 0 Å². The van der Waals surface area contributed by atoms with E-state index in [4.69, 9.17) is 0 Å². The molecule has 0 radical (unpaired) electrons. The number of hydrogen-bond donors (Lipinski definition) is 0. The Morgan fingerprint density at radius 1 is 1.37 bits per heavy atom. The first-order valence-electron chi connectivity index (χ1n) is 5.44. The topological polar surface area (TPSA) is 12.4 Å². The average molecular weight is 271 g/mol. The van der Waals surface area contributed by atoms with E-state index >= 15 is 0 Å². The van der Waals surface area contributed by atoms with Gasteiger partial charge in [-0.2, -0.15) is 13.2 Å². The maximum Gasteiger partial charge on any atom is 0.432 e. The minimum Gasteiger partial charge on any atom is -0.276 e. The lowest BCUT2D eigenvalue weighted by atomic mass is 10.1. The van der Waals surface area contributed by atoms with Crippen molar-refractivity contribution < 1.29 is 17.6 Å². The first-order valence-corrected chi connectivity index (χ1v) is 5.44. The van der Waals surface area contributed by atoms with E-state index in [0.717, 1.165) is 0 Å². The monoisotopic (exact) mass is 271 g/mol. The SMILES string of the molecule is C=CC(=NCC(=C)c1ccc(C)c(F)c1)C(F)(F)F. The van der Waals surface area contributed by atoms with E-state index < -0.39 is 17.7 Å². The Balaban J connectivity index is 2.88. The molecular formula is C14H13F4N. The third-order valence-electron chi connectivity index (χ3n) is 2.50. The van der Waals surface area contributed by atoms with E-state index in [2.05, 4.69) is 18.2 Å². The van der Waals surface area contributed by atoms with E-state index in [0.29, 0.717) is 22.8 Å². The second-order valence-electron chi connectivity index (χ2n) is 3.97. The van der Waals surface area contributed by atoms with Crippen LogP contribution in [0.1, 0.15) is 11.1 Å². The number of aliphatic imine (C=N–C) groups is 1. The molecule has 102 valence electrons. The predicted octanol–water partition coefficient (Wildman–Crippen LogP) is 4.34. The van der Waals surface area contributed by atoms with E-state index in [1.54, 1.807) is 13.0 Å². The molecule has 0 heterocycles. The number of hydrogen-bond acceptors (Lipinski definition) is 1. The van der Waals surface area contributed by atoms with Crippen LogP contribution in [0.4, 0.5) is 17.6 Å². The van der Waals surface area contributed by atoms with Gasteiger partial charge in [0.15, 0.2) is 0 Å². The molecule has 5 heteroatoms. The first-order chi connectivity index (χ1) is 8.75. The predicted molar refractivity (Wildman–Crippen MR) is 68.7 cm³/mol. The van der Waals surface area contributed by atoms with Gasteiger partial charge < -0.3 is 0 Å². The van der Waals surface area contributed by atoms with Crippen molar-refractivity contribution in [1.82, 2.24) is 0 Å². The molecule has 0 bridgehead atoms. The van der Waals surface area contributed by atoms with Crippen LogP contribution in [-0.2, 0) is 0 Å². The van der Waals surface area contributed by atoms with E-state index in [1.165, 1.54) is 12.1 Å². The molecule has 1 aromatic rings. The van der Waals surface area contributed by atoms with Gasteiger partial charge in [0.1, 0.15) is 11.5 Å². The molecule has 0 saturated carbocycles. The van der Waals surface area contributed by atoms with Crippen molar-refractivity contribution in [3.63, 3.8) is 0 Å². The quantitative estimate of drug-likeness (QED) is 0.570. The van der Waals surface area contributed by atoms with Gasteiger partial charge in [-0.15, -0.1) is 0 Å². The van der Waals surface area contributed by atoms with Gasteiger partial charge in [0.05, 0.1) is 6.54 Å². The first kappa shape index (κ1) is 15.1. The Kier molecular flexibility index (Phi) is 4.64. The Morgan fingerprint density at radius 3 is 2.47 bits per heavy atom. The average Bonchev–Trinajstić information content (AvgIpc) is 2.31. The largest absolute Gasteiger partial charge is 0.432 e. The molecular weight excluding hydrogens is 258 g/mol. The van der Waals surface area contributed by atoms with E-state index in [1.807, 2.05) is 0 Å². The van der Waals surface area contributed by atoms with Crippen molar-refractivity contribution in [1.29, 1.82) is 0 Å². The molecule has 19 heavy (non-hydrogen) atoms. The van der Waals surface area contributed by atoms with Gasteiger partial charge in [0, 0.05) is 0 Å². The van der Waals surface area contributed by atoms with Crippen LogP contribution in [-0.4, -0.2) is 18.4 Å². The van der Waals surface area contributed by atoms with Crippen molar-refractivity contribution in [2.24, 2.45) is 4.99 Å². The van der Waals surface area contributed by atoms with Gasteiger partial charge >= 0.3 is 6.18 Å². The standard InChI is InChI=1S/C14H13F4N/c1-4-13(14(16,17)18)19-8-10(3)11-6-5-9(2)12(15)7-11/h4-7H,1,3,8H2,2H3. The Bertz CT molecular complexity index is 527. The lowest BCUT2D eigenvalue weighted by molar-refractivity contribution is -0.0577. The molecule has 0 saturated heterocycles. The summed E-state index contributed by atoms with van der Waals surface area (Å²) >= 11 is 0. The molecule has 1 nitrogen and oxygen atoms in total. The molecule has 0 aromatic heterocycles. The van der Waals surface area contributed by atoms with Gasteiger partial charge in [-0.25, -0.2) is 4.39 Å². The lowest BCUT2D eigenvalue weighted by Gasteiger charge is -2.08. The molecule has 0 aliphatic heterocycles. The molecule has 0 atom stereocenters. The van der Waals surface area contributed by atoms with Gasteiger partial charge in [0.25, 0.3) is 0 Å². The van der Waals surface area contributed by atoms with Gasteiger partial charge in [-0.05, 0) is 35.8 Å². The van der Waals surface area contributed by atoms with Crippen molar-refractivity contribution >= 4 is 11.3 Å². The summed E-state index contributed by atoms with van der Waals surface area (Å²) in [7, 11) is 0. The van der Waals surface area contributed by atoms with Crippen molar-refractivity contribution in [3.8, 4) is 0 Å². The van der Waals surface area contributed by atoms with Crippen LogP contribution in [0.2, 0.25) is 0 Å². The normalized spacial score (nSPS) is 12.4. The van der Waals surface area contributed by atoms with Crippen LogP contribution in [0, 0.1) is 12.7 Å². The fourth-order valence-electron chi connectivity index (χ4n) is 1.35. The second-order valence-corrected chi connectivity index (χ2v) is 3.97. The van der Waals surface area contributed by atoms with Crippen LogP contribution in [0.25, 0.3) is 5.57 Å². The Hall–Kier alpha value is -1.91. The smallest absolute Gasteiger partial charge is 0.276 e. The van der Waals surface area contributed by atoms with Crippen LogP contribution in [0.3, 0.4) is 0 Å². The maximum atomic E-state index is 13.3. The van der Waals surface area contributed by atoms with Gasteiger partial charge in [-0.3, -0.25) is 4.99 Å². The summed E-state index contributed by atoms with van der Waals surface area (Å²) in [4.78, 5) is 3.39. The summed E-state index contributed by atoms with van der Waals surface area (Å²) in [5.74, 6) is -0.428. The number of alkyl halides is 3. The fourth-order valence-corrected chi connectivity index (χ4v) is 1.35. The van der Waals surface area contributed by atoms with Crippen LogP contribution >= 0.6 is 0 Å². The minimum atomic E-state index is -4.54. The number of halogens is 4. The summed E-state index contributed by atoms with van der Waals surface area (Å²) in [6, 6.07) is 4.36. The number of allylic oxidation sites excluding steroid dienone is 1. The summed E-state index contributed by atoms with van der Waals surface area (Å²) in [5, 5.41) is 0. The molecule has 0 spiro atoms. The second kappa shape index (κ2) is 5.82. The fraction of sp³-hybridized carbons (Fsp3) is 0.214. The Labute approximate surface area is 109 Å². The van der Waals surface area contributed by atoms with Crippen LogP contribution in [0.15, 0.2) is 42.4 Å². The molecule has 0 unspecified atom stereocenters. The third kappa shape index (κ3) is 4.05. The summed E-state index contributed by atoms with van der Waals surface area (Å²) in [5.41, 5.74) is 0.128. The number of rotatable bonds is 4. The highest BCUT2D eigenvalue weighted by atomic mass is 19.4. The number of nitrogens with zero attached hydrogens (tertiary/aromatic N) is 1. The number of aryl methyl sites for hydroxylation is 1. The molecule has 0 aliphatic carbocycles. The third-order valence-corrected chi connectivity index (χ3v) is 2.50. The summed E-state index contributed by atoms with van der Waals surface area (Å²) in [6.07, 6.45) is -3.90. The van der Waals surface area contributed by atoms with E-state index in [-0.39, 0.29) is 6.54 Å². The van der Waals surface area contributed by atoms with Crippen molar-refractivity contribution in [2.45, 2.75) is 13.1 Å². The summed E-state index contributed by atoms with van der Waals surface area (Å²) < 4.78 is 50.5. The highest BCUT2D eigenvalue weighted by Crippen LogP contribution is 2.20. The zero-order valence-electron chi connectivity index (χ0n) is 10.4. The molecule has 0 fully saturated rings.